The summed E-state index contributed by atoms with van der Waals surface area (Å²) in [6.07, 6.45) is 0. The van der Waals surface area contributed by atoms with E-state index in [4.69, 9.17) is 0 Å². The van der Waals surface area contributed by atoms with Crippen LogP contribution in [0.15, 0.2) is 50.5 Å². The van der Waals surface area contributed by atoms with Gasteiger partial charge in [0.25, 0.3) is 0 Å². The predicted octanol–water partition coefficient (Wildman–Crippen LogP) is 2.55. The Balaban J connectivity index is 1.97. The van der Waals surface area contributed by atoms with E-state index in [1.807, 2.05) is 35.8 Å². The van der Waals surface area contributed by atoms with Crippen LogP contribution in [0.1, 0.15) is 11.6 Å². The minimum absolute atomic E-state index is 0.0404. The van der Waals surface area contributed by atoms with E-state index < -0.39 is 10.0 Å². The summed E-state index contributed by atoms with van der Waals surface area (Å²) in [5.41, 5.74) is 1.12. The van der Waals surface area contributed by atoms with Crippen LogP contribution in [0.5, 0.6) is 0 Å². The summed E-state index contributed by atoms with van der Waals surface area (Å²) >= 11 is 4.88. The molecule has 0 aliphatic heterocycles. The molecule has 0 bridgehead atoms. The van der Waals surface area contributed by atoms with Gasteiger partial charge in [-0.25, -0.2) is 8.42 Å². The van der Waals surface area contributed by atoms with Crippen LogP contribution in [-0.2, 0) is 14.8 Å². The molecule has 2 rings (SSSR count). The fourth-order valence-corrected chi connectivity index (χ4v) is 4.50. The number of sulfonamides is 1. The molecule has 1 aromatic carbocycles. The average Bonchev–Trinajstić information content (AvgIpc) is 3.09. The number of nitrogens with zero attached hydrogens (tertiary/aromatic N) is 2. The quantitative estimate of drug-likeness (QED) is 0.658. The zero-order chi connectivity index (χ0) is 19.3. The molecule has 1 unspecified atom stereocenters. The molecule has 1 N–H and O–H groups in total. The highest BCUT2D eigenvalue weighted by Crippen LogP contribution is 2.20. The fraction of sp³-hybridized carbons (Fsp3) is 0.353. The minimum Gasteiger partial charge on any atom is -0.353 e. The number of halogens is 1. The second-order valence-electron chi connectivity index (χ2n) is 6.06. The summed E-state index contributed by atoms with van der Waals surface area (Å²) in [6.45, 7) is 0.178. The van der Waals surface area contributed by atoms with Gasteiger partial charge in [0.05, 0.1) is 17.5 Å². The summed E-state index contributed by atoms with van der Waals surface area (Å²) < 4.78 is 26.9. The molecular weight excluding hydrogens is 438 g/mol. The van der Waals surface area contributed by atoms with E-state index in [9.17, 15) is 13.2 Å². The van der Waals surface area contributed by atoms with Crippen LogP contribution in [-0.4, -0.2) is 57.8 Å². The van der Waals surface area contributed by atoms with Crippen LogP contribution in [0.2, 0.25) is 0 Å². The van der Waals surface area contributed by atoms with Crippen LogP contribution in [0.25, 0.3) is 0 Å². The molecule has 9 heteroatoms. The zero-order valence-corrected chi connectivity index (χ0v) is 18.1. The first-order valence-electron chi connectivity index (χ1n) is 7.89. The number of hydrogen-bond acceptors (Lipinski definition) is 5. The number of nitrogens with one attached hydrogen (secondary N) is 1. The third-order valence-corrected chi connectivity index (χ3v) is 6.98. The topological polar surface area (TPSA) is 69.7 Å². The lowest BCUT2D eigenvalue weighted by Crippen LogP contribution is -2.41. The molecule has 0 saturated heterocycles. The number of likely N-dealkylation sites (N-methyl/N-ethyl adjacent to an activating group) is 2. The van der Waals surface area contributed by atoms with Gasteiger partial charge in [0, 0.05) is 18.1 Å². The van der Waals surface area contributed by atoms with Crippen molar-refractivity contribution in [3.63, 3.8) is 0 Å². The number of rotatable bonds is 8. The fourth-order valence-electron chi connectivity index (χ4n) is 2.40. The zero-order valence-electron chi connectivity index (χ0n) is 14.8. The third kappa shape index (κ3) is 5.37. The molecule has 0 aliphatic carbocycles. The van der Waals surface area contributed by atoms with Crippen LogP contribution < -0.4 is 5.32 Å². The summed E-state index contributed by atoms with van der Waals surface area (Å²) in [4.78, 5) is 14.4. The maximum atomic E-state index is 12.5. The van der Waals surface area contributed by atoms with Crippen molar-refractivity contribution < 1.29 is 13.2 Å². The third-order valence-electron chi connectivity index (χ3n) is 3.93. The minimum atomic E-state index is -3.71. The first-order chi connectivity index (χ1) is 12.2. The number of amides is 1. The van der Waals surface area contributed by atoms with Gasteiger partial charge in [-0.15, -0.1) is 0 Å². The van der Waals surface area contributed by atoms with Gasteiger partial charge >= 0.3 is 0 Å². The molecule has 1 heterocycles. The Morgan fingerprint density at radius 1 is 1.19 bits per heavy atom. The second-order valence-corrected chi connectivity index (χ2v) is 9.80. The van der Waals surface area contributed by atoms with E-state index in [-0.39, 0.29) is 23.4 Å². The molecule has 1 aromatic heterocycles. The van der Waals surface area contributed by atoms with Gasteiger partial charge in [0.1, 0.15) is 0 Å². The highest BCUT2D eigenvalue weighted by molar-refractivity contribution is 9.10. The van der Waals surface area contributed by atoms with E-state index in [0.29, 0.717) is 6.54 Å². The van der Waals surface area contributed by atoms with Crippen LogP contribution in [0.3, 0.4) is 0 Å². The Labute approximate surface area is 167 Å². The number of hydrogen-bond donors (Lipinski definition) is 1. The van der Waals surface area contributed by atoms with Crippen molar-refractivity contribution in [1.29, 1.82) is 0 Å². The SMILES string of the molecule is CN(C)C(CNC(=O)CN(C)S(=O)(=O)c1ccc(Br)cc1)c1ccsc1. The van der Waals surface area contributed by atoms with Gasteiger partial charge < -0.3 is 10.2 Å². The summed E-state index contributed by atoms with van der Waals surface area (Å²) in [7, 11) is 1.58. The van der Waals surface area contributed by atoms with Crippen LogP contribution in [0.4, 0.5) is 0 Å². The maximum absolute atomic E-state index is 12.5. The monoisotopic (exact) mass is 459 g/mol. The van der Waals surface area contributed by atoms with Crippen molar-refractivity contribution in [2.75, 3.05) is 34.2 Å². The van der Waals surface area contributed by atoms with Gasteiger partial charge in [0.15, 0.2) is 0 Å². The normalized spacial score (nSPS) is 13.2. The highest BCUT2D eigenvalue weighted by Gasteiger charge is 2.23. The summed E-state index contributed by atoms with van der Waals surface area (Å²) in [5.74, 6) is -0.338. The first kappa shape index (κ1) is 21.0. The van der Waals surface area contributed by atoms with Crippen molar-refractivity contribution in [1.82, 2.24) is 14.5 Å². The molecule has 1 amide bonds. The maximum Gasteiger partial charge on any atom is 0.243 e. The van der Waals surface area contributed by atoms with Gasteiger partial charge in [0.2, 0.25) is 15.9 Å². The van der Waals surface area contributed by atoms with Gasteiger partial charge in [-0.2, -0.15) is 15.6 Å². The van der Waals surface area contributed by atoms with Crippen LogP contribution >= 0.6 is 27.3 Å². The van der Waals surface area contributed by atoms with E-state index in [1.165, 1.54) is 19.2 Å². The number of benzene rings is 1. The number of carbonyl (C=O) groups excluding carboxylic acids is 1. The van der Waals surface area contributed by atoms with Crippen molar-refractivity contribution in [2.24, 2.45) is 0 Å². The van der Waals surface area contributed by atoms with E-state index >= 15 is 0 Å². The molecule has 142 valence electrons. The lowest BCUT2D eigenvalue weighted by atomic mass is 10.1. The lowest BCUT2D eigenvalue weighted by molar-refractivity contribution is -0.121. The smallest absolute Gasteiger partial charge is 0.243 e. The largest absolute Gasteiger partial charge is 0.353 e. The van der Waals surface area contributed by atoms with E-state index in [2.05, 4.69) is 21.2 Å². The average molecular weight is 460 g/mol. The second kappa shape index (κ2) is 9.09. The molecule has 0 fully saturated rings. The molecule has 1 atom stereocenters. The molecule has 26 heavy (non-hydrogen) atoms. The van der Waals surface area contributed by atoms with Crippen molar-refractivity contribution >= 4 is 43.2 Å². The first-order valence-corrected chi connectivity index (χ1v) is 11.1. The molecule has 6 nitrogen and oxygen atoms in total. The Morgan fingerprint density at radius 3 is 2.38 bits per heavy atom. The molecular formula is C17H22BrN3O3S2. The molecule has 0 aliphatic rings. The number of thiophene rings is 1. The van der Waals surface area contributed by atoms with E-state index in [1.54, 1.807) is 23.5 Å². The van der Waals surface area contributed by atoms with Gasteiger partial charge in [-0.1, -0.05) is 15.9 Å². The summed E-state index contributed by atoms with van der Waals surface area (Å²) in [5, 5.41) is 6.86. The van der Waals surface area contributed by atoms with E-state index in [0.717, 1.165) is 14.3 Å². The van der Waals surface area contributed by atoms with Crippen molar-refractivity contribution in [3.8, 4) is 0 Å². The Bertz CT molecular complexity index is 821. The van der Waals surface area contributed by atoms with Crippen molar-refractivity contribution in [2.45, 2.75) is 10.9 Å². The molecule has 2 aromatic rings. The van der Waals surface area contributed by atoms with Crippen molar-refractivity contribution in [3.05, 3.63) is 51.1 Å². The van der Waals surface area contributed by atoms with Crippen LogP contribution in [0, 0.1) is 0 Å². The molecule has 0 radical (unpaired) electrons. The molecule has 0 spiro atoms. The lowest BCUT2D eigenvalue weighted by Gasteiger charge is -2.24. The standard InChI is InChI=1S/C17H22BrN3O3S2/c1-20(2)16(13-8-9-25-12-13)10-19-17(22)11-21(3)26(23,24)15-6-4-14(18)5-7-15/h4-9,12,16H,10-11H2,1-3H3,(H,19,22). The van der Waals surface area contributed by atoms with Gasteiger partial charge in [-0.3, -0.25) is 4.79 Å². The Hall–Kier alpha value is -1.26. The number of carbonyl (C=O) groups is 1. The Morgan fingerprint density at radius 2 is 1.85 bits per heavy atom. The highest BCUT2D eigenvalue weighted by atomic mass is 79.9. The summed E-state index contributed by atoms with van der Waals surface area (Å²) in [6, 6.07) is 8.38. The van der Waals surface area contributed by atoms with Gasteiger partial charge in [-0.05, 0) is 60.8 Å². The predicted molar refractivity (Wildman–Crippen MR) is 108 cm³/mol. The molecule has 0 saturated carbocycles. The Kier molecular flexibility index (Phi) is 7.36.